The SMILES string of the molecule is C#CCCCCN=C(/C=C\N)C(=O)O.NS. The molecule has 90 valence electrons. The Kier molecular flexibility index (Phi) is 14.4. The molecule has 0 rings (SSSR count). The van der Waals surface area contributed by atoms with Crippen molar-refractivity contribution in [2.75, 3.05) is 6.54 Å². The van der Waals surface area contributed by atoms with Crippen LogP contribution in [0.3, 0.4) is 0 Å². The molecule has 0 bridgehead atoms. The zero-order valence-electron chi connectivity index (χ0n) is 8.97. The highest BCUT2D eigenvalue weighted by Crippen LogP contribution is 1.95. The van der Waals surface area contributed by atoms with E-state index in [0.29, 0.717) is 13.0 Å². The summed E-state index contributed by atoms with van der Waals surface area (Å²) < 4.78 is 0. The van der Waals surface area contributed by atoms with Crippen LogP contribution in [0.25, 0.3) is 0 Å². The predicted molar refractivity (Wildman–Crippen MR) is 69.1 cm³/mol. The van der Waals surface area contributed by atoms with E-state index in [0.717, 1.165) is 19.0 Å². The lowest BCUT2D eigenvalue weighted by Gasteiger charge is -1.95. The van der Waals surface area contributed by atoms with Crippen LogP contribution in [0.4, 0.5) is 0 Å². The molecule has 16 heavy (non-hydrogen) atoms. The van der Waals surface area contributed by atoms with Crippen LogP contribution in [0.5, 0.6) is 0 Å². The van der Waals surface area contributed by atoms with Crippen LogP contribution in [0.2, 0.25) is 0 Å². The van der Waals surface area contributed by atoms with Crippen molar-refractivity contribution >= 4 is 24.5 Å². The molecular formula is C10H17N3O2S. The third kappa shape index (κ3) is 10.6. The minimum Gasteiger partial charge on any atom is -0.477 e. The van der Waals surface area contributed by atoms with Gasteiger partial charge in [-0.3, -0.25) is 10.1 Å². The number of unbranched alkanes of at least 4 members (excludes halogenated alkanes) is 2. The number of rotatable bonds is 6. The van der Waals surface area contributed by atoms with Gasteiger partial charge in [-0.2, -0.15) is 0 Å². The lowest BCUT2D eigenvalue weighted by atomic mass is 10.2. The Morgan fingerprint density at radius 2 is 2.12 bits per heavy atom. The van der Waals surface area contributed by atoms with Crippen LogP contribution in [0.1, 0.15) is 19.3 Å². The summed E-state index contributed by atoms with van der Waals surface area (Å²) in [6.07, 6.45) is 9.84. The third-order valence-corrected chi connectivity index (χ3v) is 1.48. The Labute approximate surface area is 101 Å². The standard InChI is InChI=1S/C10H14N2O2.H3NS/c1-2-3-4-5-8-12-9(6-7-11)10(13)14;1-2/h1,6-7H,3-5,8,11H2,(H,13,14);2H,1H2/b7-6-,12-9?;. The van der Waals surface area contributed by atoms with E-state index in [-0.39, 0.29) is 5.71 Å². The molecule has 0 atom stereocenters. The molecule has 6 heteroatoms. The molecule has 0 radical (unpaired) electrons. The smallest absolute Gasteiger partial charge is 0.354 e. The summed E-state index contributed by atoms with van der Waals surface area (Å²) in [4.78, 5) is 14.4. The van der Waals surface area contributed by atoms with E-state index in [9.17, 15) is 4.79 Å². The molecule has 0 aromatic rings. The maximum Gasteiger partial charge on any atom is 0.354 e. The summed E-state index contributed by atoms with van der Waals surface area (Å²) in [6, 6.07) is 0. The van der Waals surface area contributed by atoms with E-state index in [1.54, 1.807) is 0 Å². The van der Waals surface area contributed by atoms with Crippen molar-refractivity contribution in [3.8, 4) is 12.3 Å². The van der Waals surface area contributed by atoms with E-state index in [2.05, 4.69) is 28.9 Å². The van der Waals surface area contributed by atoms with Gasteiger partial charge in [-0.15, -0.1) is 25.2 Å². The maximum atomic E-state index is 10.5. The van der Waals surface area contributed by atoms with Crippen molar-refractivity contribution in [1.82, 2.24) is 0 Å². The number of hydrogen-bond acceptors (Lipinski definition) is 5. The Morgan fingerprint density at radius 3 is 2.56 bits per heavy atom. The van der Waals surface area contributed by atoms with Crippen molar-refractivity contribution in [3.05, 3.63) is 12.3 Å². The van der Waals surface area contributed by atoms with Crippen LogP contribution < -0.4 is 10.9 Å². The average molecular weight is 243 g/mol. The van der Waals surface area contributed by atoms with E-state index in [1.165, 1.54) is 6.08 Å². The van der Waals surface area contributed by atoms with E-state index < -0.39 is 5.97 Å². The number of thiol groups is 1. The van der Waals surface area contributed by atoms with Gasteiger partial charge in [0.2, 0.25) is 0 Å². The summed E-state index contributed by atoms with van der Waals surface area (Å²) >= 11 is 3.03. The monoisotopic (exact) mass is 243 g/mol. The van der Waals surface area contributed by atoms with Crippen LogP contribution in [0, 0.1) is 12.3 Å². The van der Waals surface area contributed by atoms with Crippen LogP contribution >= 0.6 is 12.8 Å². The van der Waals surface area contributed by atoms with Gasteiger partial charge in [0.1, 0.15) is 5.71 Å². The molecule has 5 N–H and O–H groups in total. The predicted octanol–water partition coefficient (Wildman–Crippen LogP) is 0.578. The molecule has 0 saturated heterocycles. The third-order valence-electron chi connectivity index (χ3n) is 1.48. The zero-order chi connectivity index (χ0) is 12.8. The van der Waals surface area contributed by atoms with Gasteiger partial charge in [0, 0.05) is 13.0 Å². The first-order chi connectivity index (χ1) is 7.72. The number of nitrogens with zero attached hydrogens (tertiary/aromatic N) is 1. The van der Waals surface area contributed by atoms with E-state index in [4.69, 9.17) is 17.3 Å². The number of carboxylic acid groups (broad SMARTS) is 1. The van der Waals surface area contributed by atoms with Crippen molar-refractivity contribution < 1.29 is 9.90 Å². The molecule has 0 saturated carbocycles. The quantitative estimate of drug-likeness (QED) is 0.237. The molecule has 0 unspecified atom stereocenters. The highest BCUT2D eigenvalue weighted by Gasteiger charge is 2.02. The number of aliphatic carboxylic acids is 1. The molecule has 0 aromatic carbocycles. The molecule has 0 aliphatic carbocycles. The molecule has 0 amide bonds. The largest absolute Gasteiger partial charge is 0.477 e. The Hall–Kier alpha value is -1.45. The molecule has 0 heterocycles. The van der Waals surface area contributed by atoms with E-state index in [1.807, 2.05) is 0 Å². The Morgan fingerprint density at radius 1 is 1.50 bits per heavy atom. The van der Waals surface area contributed by atoms with Crippen molar-refractivity contribution in [2.24, 2.45) is 15.9 Å². The van der Waals surface area contributed by atoms with Crippen LogP contribution in [-0.4, -0.2) is 23.3 Å². The van der Waals surface area contributed by atoms with E-state index >= 15 is 0 Å². The molecule has 0 aromatic heterocycles. The van der Waals surface area contributed by atoms with Gasteiger partial charge in [0.15, 0.2) is 0 Å². The molecule has 0 aliphatic rings. The molecule has 5 nitrogen and oxygen atoms in total. The normalized spacial score (nSPS) is 10.4. The number of aliphatic imine (C=N–C) groups is 1. The van der Waals surface area contributed by atoms with Crippen LogP contribution in [-0.2, 0) is 4.79 Å². The fraction of sp³-hybridized carbons (Fsp3) is 0.400. The number of terminal acetylenes is 1. The molecule has 0 aliphatic heterocycles. The van der Waals surface area contributed by atoms with Crippen LogP contribution in [0.15, 0.2) is 17.3 Å². The van der Waals surface area contributed by atoms with Gasteiger partial charge in [-0.25, -0.2) is 4.79 Å². The lowest BCUT2D eigenvalue weighted by Crippen LogP contribution is -2.11. The zero-order valence-corrected chi connectivity index (χ0v) is 9.86. The second-order valence-corrected chi connectivity index (χ2v) is 2.59. The van der Waals surface area contributed by atoms with Gasteiger partial charge in [-0.1, -0.05) is 0 Å². The fourth-order valence-electron chi connectivity index (χ4n) is 0.821. The van der Waals surface area contributed by atoms with Gasteiger partial charge in [0.05, 0.1) is 0 Å². The van der Waals surface area contributed by atoms with Gasteiger partial charge in [-0.05, 0) is 25.1 Å². The summed E-state index contributed by atoms with van der Waals surface area (Å²) in [5.41, 5.74) is 5.05. The minimum atomic E-state index is -1.07. The van der Waals surface area contributed by atoms with Gasteiger partial charge < -0.3 is 10.8 Å². The summed E-state index contributed by atoms with van der Waals surface area (Å²) in [7, 11) is 0. The number of carboxylic acids is 1. The molecule has 0 spiro atoms. The first kappa shape index (κ1) is 17.0. The summed E-state index contributed by atoms with van der Waals surface area (Å²) in [5, 5.41) is 12.8. The number of nitrogens with two attached hydrogens (primary N) is 2. The second-order valence-electron chi connectivity index (χ2n) is 2.59. The first-order valence-corrected chi connectivity index (χ1v) is 5.09. The maximum absolute atomic E-state index is 10.5. The molecule has 0 fully saturated rings. The molecular weight excluding hydrogens is 226 g/mol. The number of hydrogen-bond donors (Lipinski definition) is 4. The summed E-state index contributed by atoms with van der Waals surface area (Å²) in [5.74, 6) is 1.44. The van der Waals surface area contributed by atoms with Crippen molar-refractivity contribution in [2.45, 2.75) is 19.3 Å². The fourth-order valence-corrected chi connectivity index (χ4v) is 0.821. The number of carbonyl (C=O) groups is 1. The van der Waals surface area contributed by atoms with Gasteiger partial charge >= 0.3 is 5.97 Å². The average Bonchev–Trinajstić information content (AvgIpc) is 2.30. The van der Waals surface area contributed by atoms with Crippen molar-refractivity contribution in [1.29, 1.82) is 0 Å². The highest BCUT2D eigenvalue weighted by molar-refractivity contribution is 7.77. The highest BCUT2D eigenvalue weighted by atomic mass is 32.1. The Bertz CT molecular complexity index is 282. The lowest BCUT2D eigenvalue weighted by molar-refractivity contribution is -0.129. The first-order valence-electron chi connectivity index (χ1n) is 4.57. The Balaban J connectivity index is 0. The topological polar surface area (TPSA) is 102 Å². The minimum absolute atomic E-state index is 0.0202. The second kappa shape index (κ2) is 13.5. The van der Waals surface area contributed by atoms with Gasteiger partial charge in [0.25, 0.3) is 0 Å². The van der Waals surface area contributed by atoms with Crippen molar-refractivity contribution in [3.63, 3.8) is 0 Å². The summed E-state index contributed by atoms with van der Waals surface area (Å²) in [6.45, 7) is 0.466.